The number of rotatable bonds is 8. The first-order chi connectivity index (χ1) is 9.40. The van der Waals surface area contributed by atoms with Crippen LogP contribution in [0.4, 0.5) is 5.69 Å². The van der Waals surface area contributed by atoms with E-state index in [4.69, 9.17) is 0 Å². The van der Waals surface area contributed by atoms with Crippen molar-refractivity contribution in [2.75, 3.05) is 39.6 Å². The first-order valence-corrected chi connectivity index (χ1v) is 7.53. The third-order valence-corrected chi connectivity index (χ3v) is 3.64. The molecule has 0 radical (unpaired) electrons. The van der Waals surface area contributed by atoms with Crippen molar-refractivity contribution in [1.29, 1.82) is 0 Å². The van der Waals surface area contributed by atoms with Crippen molar-refractivity contribution in [3.63, 3.8) is 0 Å². The van der Waals surface area contributed by atoms with Crippen molar-refractivity contribution in [3.05, 3.63) is 29.8 Å². The number of likely N-dealkylation sites (N-methyl/N-ethyl adjacent to an activating group) is 1. The Kier molecular flexibility index (Phi) is 7.03. The molecule has 0 aromatic heterocycles. The van der Waals surface area contributed by atoms with E-state index in [9.17, 15) is 0 Å². The maximum atomic E-state index is 3.58. The molecule has 0 spiro atoms. The Bertz CT molecular complexity index is 368. The van der Waals surface area contributed by atoms with E-state index in [0.717, 1.165) is 19.0 Å². The monoisotopic (exact) mass is 277 g/mol. The van der Waals surface area contributed by atoms with E-state index in [1.54, 1.807) is 0 Å². The number of hydrogen-bond donors (Lipinski definition) is 1. The molecule has 1 rings (SSSR count). The molecule has 1 aromatic rings. The first-order valence-electron chi connectivity index (χ1n) is 7.53. The summed E-state index contributed by atoms with van der Waals surface area (Å²) in [5.41, 5.74) is 2.59. The normalized spacial score (nSPS) is 13.0. The van der Waals surface area contributed by atoms with Gasteiger partial charge in [-0.2, -0.15) is 0 Å². The highest BCUT2D eigenvalue weighted by atomic mass is 15.1. The van der Waals surface area contributed by atoms with Crippen molar-refractivity contribution in [2.24, 2.45) is 5.92 Å². The zero-order chi connectivity index (χ0) is 15.1. The lowest BCUT2D eigenvalue weighted by atomic mass is 10.0. The third kappa shape index (κ3) is 5.93. The molecule has 1 N–H and O–H groups in total. The highest BCUT2D eigenvalue weighted by molar-refractivity contribution is 5.45. The Labute approximate surface area is 125 Å². The average Bonchev–Trinajstić information content (AvgIpc) is 2.37. The van der Waals surface area contributed by atoms with Gasteiger partial charge in [0.2, 0.25) is 0 Å². The summed E-state index contributed by atoms with van der Waals surface area (Å²) in [5, 5.41) is 3.58. The Morgan fingerprint density at radius 2 is 1.60 bits per heavy atom. The molecule has 0 aliphatic rings. The lowest BCUT2D eigenvalue weighted by Crippen LogP contribution is -2.38. The van der Waals surface area contributed by atoms with Crippen LogP contribution in [0, 0.1) is 5.92 Å². The molecule has 1 atom stereocenters. The lowest BCUT2D eigenvalue weighted by Gasteiger charge is -2.26. The summed E-state index contributed by atoms with van der Waals surface area (Å²) >= 11 is 0. The van der Waals surface area contributed by atoms with Gasteiger partial charge in [-0.15, -0.1) is 0 Å². The van der Waals surface area contributed by atoms with Gasteiger partial charge >= 0.3 is 0 Å². The minimum Gasteiger partial charge on any atom is -0.378 e. The summed E-state index contributed by atoms with van der Waals surface area (Å²) in [6, 6.07) is 9.37. The summed E-state index contributed by atoms with van der Waals surface area (Å²) < 4.78 is 0. The number of benzene rings is 1. The maximum absolute atomic E-state index is 3.58. The van der Waals surface area contributed by atoms with Crippen LogP contribution in [0.3, 0.4) is 0 Å². The van der Waals surface area contributed by atoms with Crippen molar-refractivity contribution < 1.29 is 0 Å². The zero-order valence-corrected chi connectivity index (χ0v) is 14.0. The number of nitrogens with one attached hydrogen (secondary N) is 1. The van der Waals surface area contributed by atoms with E-state index in [1.807, 2.05) is 0 Å². The molecule has 3 nitrogen and oxygen atoms in total. The molecule has 0 saturated carbocycles. The molecule has 3 heteroatoms. The minimum atomic E-state index is 0.607. The molecule has 1 aromatic carbocycles. The van der Waals surface area contributed by atoms with Crippen LogP contribution in [0.25, 0.3) is 0 Å². The van der Waals surface area contributed by atoms with Crippen molar-refractivity contribution in [1.82, 2.24) is 10.2 Å². The Morgan fingerprint density at radius 1 is 1.00 bits per heavy atom. The summed E-state index contributed by atoms with van der Waals surface area (Å²) in [7, 11) is 8.48. The highest BCUT2D eigenvalue weighted by Gasteiger charge is 2.12. The fourth-order valence-corrected chi connectivity index (χ4v) is 2.32. The lowest BCUT2D eigenvalue weighted by molar-refractivity contribution is 0.246. The van der Waals surface area contributed by atoms with E-state index in [-0.39, 0.29) is 0 Å². The van der Waals surface area contributed by atoms with E-state index in [1.165, 1.54) is 17.7 Å². The molecular weight excluding hydrogens is 246 g/mol. The third-order valence-electron chi connectivity index (χ3n) is 3.64. The van der Waals surface area contributed by atoms with Crippen molar-refractivity contribution in [2.45, 2.75) is 32.9 Å². The van der Waals surface area contributed by atoms with E-state index < -0.39 is 0 Å². The largest absolute Gasteiger partial charge is 0.378 e. The van der Waals surface area contributed by atoms with E-state index in [0.29, 0.717) is 6.04 Å². The maximum Gasteiger partial charge on any atom is 0.0361 e. The smallest absolute Gasteiger partial charge is 0.0361 e. The van der Waals surface area contributed by atoms with Gasteiger partial charge in [0.1, 0.15) is 0 Å². The van der Waals surface area contributed by atoms with Gasteiger partial charge in [0.25, 0.3) is 0 Å². The van der Waals surface area contributed by atoms with Crippen LogP contribution in [-0.4, -0.2) is 45.7 Å². The molecule has 1 unspecified atom stereocenters. The topological polar surface area (TPSA) is 18.5 Å². The quantitative estimate of drug-likeness (QED) is 0.788. The summed E-state index contributed by atoms with van der Waals surface area (Å²) in [5.74, 6) is 0.739. The van der Waals surface area contributed by atoms with Crippen LogP contribution in [0.15, 0.2) is 24.3 Å². The average molecular weight is 277 g/mol. The fraction of sp³-hybridized carbons (Fsp3) is 0.647. The second-order valence-electron chi connectivity index (χ2n) is 6.44. The number of hydrogen-bond acceptors (Lipinski definition) is 3. The predicted octanol–water partition coefficient (Wildman–Crippen LogP) is 2.82. The Morgan fingerprint density at radius 3 is 2.05 bits per heavy atom. The number of nitrogens with zero attached hydrogens (tertiary/aromatic N) is 2. The van der Waals surface area contributed by atoms with Gasteiger partial charge in [-0.1, -0.05) is 26.0 Å². The molecule has 0 aliphatic carbocycles. The fourth-order valence-electron chi connectivity index (χ4n) is 2.32. The van der Waals surface area contributed by atoms with Crippen LogP contribution >= 0.6 is 0 Å². The Hall–Kier alpha value is -1.06. The molecule has 0 bridgehead atoms. The van der Waals surface area contributed by atoms with Gasteiger partial charge in [0.15, 0.2) is 0 Å². The highest BCUT2D eigenvalue weighted by Crippen LogP contribution is 2.12. The van der Waals surface area contributed by atoms with Crippen molar-refractivity contribution >= 4 is 5.69 Å². The standard InChI is InChI=1S/C17H31N3/c1-14(2)11-17(20(5)6)13-18-12-15-7-9-16(10-8-15)19(3)4/h7-10,14,17-18H,11-13H2,1-6H3. The van der Waals surface area contributed by atoms with Gasteiger partial charge in [-0.25, -0.2) is 0 Å². The van der Waals surface area contributed by atoms with Gasteiger partial charge in [-0.3, -0.25) is 0 Å². The zero-order valence-electron chi connectivity index (χ0n) is 14.0. The first kappa shape index (κ1) is 17.0. The molecule has 0 amide bonds. The van der Waals surface area contributed by atoms with E-state index >= 15 is 0 Å². The van der Waals surface area contributed by atoms with E-state index in [2.05, 4.69) is 81.4 Å². The SMILES string of the molecule is CC(C)CC(CNCc1ccc(N(C)C)cc1)N(C)C. The van der Waals surface area contributed by atoms with Crippen LogP contribution in [0.2, 0.25) is 0 Å². The van der Waals surface area contributed by atoms with Crippen LogP contribution in [0.1, 0.15) is 25.8 Å². The van der Waals surface area contributed by atoms with Gasteiger partial charge < -0.3 is 15.1 Å². The van der Waals surface area contributed by atoms with Crippen LogP contribution in [-0.2, 0) is 6.54 Å². The second kappa shape index (κ2) is 8.28. The van der Waals surface area contributed by atoms with Crippen molar-refractivity contribution in [3.8, 4) is 0 Å². The van der Waals surface area contributed by atoms with Gasteiger partial charge in [0, 0.05) is 38.9 Å². The molecular formula is C17H31N3. The van der Waals surface area contributed by atoms with Crippen LogP contribution < -0.4 is 10.2 Å². The Balaban J connectivity index is 2.42. The number of anilines is 1. The minimum absolute atomic E-state index is 0.607. The summed E-state index contributed by atoms with van der Waals surface area (Å²) in [4.78, 5) is 4.45. The predicted molar refractivity (Wildman–Crippen MR) is 89.4 cm³/mol. The second-order valence-corrected chi connectivity index (χ2v) is 6.44. The molecule has 114 valence electrons. The summed E-state index contributed by atoms with van der Waals surface area (Å²) in [6.45, 7) is 6.56. The molecule has 0 saturated heterocycles. The molecule has 0 aliphatic heterocycles. The molecule has 0 fully saturated rings. The molecule has 20 heavy (non-hydrogen) atoms. The molecule has 0 heterocycles. The van der Waals surface area contributed by atoms with Gasteiger partial charge in [-0.05, 0) is 44.1 Å². The van der Waals surface area contributed by atoms with Crippen LogP contribution in [0.5, 0.6) is 0 Å². The summed E-state index contributed by atoms with van der Waals surface area (Å²) in [6.07, 6.45) is 1.24. The van der Waals surface area contributed by atoms with Gasteiger partial charge in [0.05, 0.1) is 0 Å².